The zero-order valence-electron chi connectivity index (χ0n) is 17.9. The fourth-order valence-corrected chi connectivity index (χ4v) is 4.13. The van der Waals surface area contributed by atoms with E-state index in [0.717, 1.165) is 24.2 Å². The predicted octanol–water partition coefficient (Wildman–Crippen LogP) is 4.63. The predicted molar refractivity (Wildman–Crippen MR) is 127 cm³/mol. The van der Waals surface area contributed by atoms with Gasteiger partial charge in [0.25, 0.3) is 5.91 Å². The van der Waals surface area contributed by atoms with Crippen LogP contribution in [0, 0.1) is 6.92 Å². The van der Waals surface area contributed by atoms with Gasteiger partial charge in [0.15, 0.2) is 5.16 Å². The van der Waals surface area contributed by atoms with Crippen molar-refractivity contribution >= 4 is 35.0 Å². The van der Waals surface area contributed by atoms with Crippen LogP contribution in [0.2, 0.25) is 0 Å². The molecule has 3 aromatic rings. The molecule has 0 radical (unpaired) electrons. The number of hydrogen-bond acceptors (Lipinski definition) is 5. The summed E-state index contributed by atoms with van der Waals surface area (Å²) < 4.78 is 2.02. The van der Waals surface area contributed by atoms with Crippen LogP contribution in [0.15, 0.2) is 66.3 Å². The number of aryl methyl sites for hydroxylation is 1. The van der Waals surface area contributed by atoms with Crippen LogP contribution in [-0.4, -0.2) is 32.3 Å². The monoisotopic (exact) mass is 447 g/mol. The highest BCUT2D eigenvalue weighted by atomic mass is 32.2. The zero-order chi connectivity index (χ0) is 22.5. The average Bonchev–Trinajstić information content (AvgIpc) is 3.54. The lowest BCUT2D eigenvalue weighted by Gasteiger charge is -2.12. The molecule has 1 aromatic heterocycles. The second-order valence-electron chi connectivity index (χ2n) is 7.72. The van der Waals surface area contributed by atoms with Crippen molar-refractivity contribution in [3.05, 3.63) is 78.1 Å². The molecule has 0 saturated heterocycles. The Morgan fingerprint density at radius 1 is 1.16 bits per heavy atom. The lowest BCUT2D eigenvalue weighted by Crippen LogP contribution is -2.19. The first-order valence-corrected chi connectivity index (χ1v) is 11.5. The largest absolute Gasteiger partial charge is 0.325 e. The highest BCUT2D eigenvalue weighted by Crippen LogP contribution is 2.40. The summed E-state index contributed by atoms with van der Waals surface area (Å²) in [7, 11) is 0. The van der Waals surface area contributed by atoms with Gasteiger partial charge in [-0.3, -0.25) is 9.59 Å². The molecule has 32 heavy (non-hydrogen) atoms. The molecule has 0 unspecified atom stereocenters. The maximum absolute atomic E-state index is 12.8. The summed E-state index contributed by atoms with van der Waals surface area (Å²) in [6.45, 7) is 6.39. The molecule has 1 fully saturated rings. The van der Waals surface area contributed by atoms with Gasteiger partial charge >= 0.3 is 0 Å². The fourth-order valence-electron chi connectivity index (χ4n) is 3.38. The van der Waals surface area contributed by atoms with Crippen molar-refractivity contribution < 1.29 is 9.59 Å². The van der Waals surface area contributed by atoms with E-state index in [-0.39, 0.29) is 17.6 Å². The number of hydrogen-bond donors (Lipinski definition) is 2. The van der Waals surface area contributed by atoms with Crippen LogP contribution in [0.3, 0.4) is 0 Å². The van der Waals surface area contributed by atoms with Gasteiger partial charge in [0, 0.05) is 18.2 Å². The van der Waals surface area contributed by atoms with Crippen molar-refractivity contribution in [1.29, 1.82) is 0 Å². The number of nitrogens with one attached hydrogen (secondary N) is 2. The summed E-state index contributed by atoms with van der Waals surface area (Å²) >= 11 is 1.33. The smallest absolute Gasteiger partial charge is 0.257 e. The van der Waals surface area contributed by atoms with Gasteiger partial charge in [-0.1, -0.05) is 42.1 Å². The number of nitrogens with zero attached hydrogens (tertiary/aromatic N) is 3. The van der Waals surface area contributed by atoms with Crippen LogP contribution < -0.4 is 10.6 Å². The number of aromatic nitrogens is 3. The van der Waals surface area contributed by atoms with Crippen molar-refractivity contribution in [1.82, 2.24) is 14.8 Å². The summed E-state index contributed by atoms with van der Waals surface area (Å²) in [6.07, 6.45) is 4.06. The van der Waals surface area contributed by atoms with E-state index in [4.69, 9.17) is 0 Å². The Morgan fingerprint density at radius 2 is 1.97 bits per heavy atom. The number of allylic oxidation sites excluding steroid dienone is 1. The van der Waals surface area contributed by atoms with Crippen LogP contribution in [-0.2, 0) is 11.3 Å². The van der Waals surface area contributed by atoms with Gasteiger partial charge in [0.1, 0.15) is 5.82 Å². The van der Waals surface area contributed by atoms with Crippen LogP contribution in [0.1, 0.15) is 40.5 Å². The molecule has 1 heterocycles. The van der Waals surface area contributed by atoms with Gasteiger partial charge in [-0.2, -0.15) is 0 Å². The molecule has 8 heteroatoms. The maximum Gasteiger partial charge on any atom is 0.257 e. The first-order valence-electron chi connectivity index (χ1n) is 10.5. The number of carbonyl (C=O) groups excluding carboxylic acids is 2. The van der Waals surface area contributed by atoms with E-state index in [1.807, 2.05) is 41.8 Å². The van der Waals surface area contributed by atoms with Crippen molar-refractivity contribution in [3.8, 4) is 0 Å². The molecule has 2 amide bonds. The van der Waals surface area contributed by atoms with Gasteiger partial charge < -0.3 is 15.2 Å². The number of para-hydroxylation sites is 1. The summed E-state index contributed by atoms with van der Waals surface area (Å²) in [6, 6.07) is 14.5. The SMILES string of the molecule is C=CCn1c(SCC(=O)Nc2ccccc2C(=O)Nc2cccc(C)c2)nnc1C1CC1. The molecule has 0 spiro atoms. The summed E-state index contributed by atoms with van der Waals surface area (Å²) in [5.41, 5.74) is 2.63. The van der Waals surface area contributed by atoms with Gasteiger partial charge in [-0.25, -0.2) is 0 Å². The number of anilines is 2. The number of thioether (sulfide) groups is 1. The van der Waals surface area contributed by atoms with Gasteiger partial charge in [-0.05, 0) is 49.6 Å². The molecule has 0 bridgehead atoms. The Kier molecular flexibility index (Phi) is 6.70. The Hall–Kier alpha value is -3.39. The van der Waals surface area contributed by atoms with Crippen LogP contribution in [0.5, 0.6) is 0 Å². The highest BCUT2D eigenvalue weighted by Gasteiger charge is 2.30. The lowest BCUT2D eigenvalue weighted by molar-refractivity contribution is -0.113. The van der Waals surface area contributed by atoms with E-state index in [2.05, 4.69) is 27.4 Å². The fraction of sp³-hybridized carbons (Fsp3) is 0.250. The van der Waals surface area contributed by atoms with E-state index < -0.39 is 0 Å². The molecule has 2 aromatic carbocycles. The molecule has 1 aliphatic carbocycles. The van der Waals surface area contributed by atoms with E-state index in [1.54, 1.807) is 24.3 Å². The third kappa shape index (κ3) is 5.26. The van der Waals surface area contributed by atoms with Crippen molar-refractivity contribution in [2.75, 3.05) is 16.4 Å². The Bertz CT molecular complexity index is 1150. The highest BCUT2D eigenvalue weighted by molar-refractivity contribution is 7.99. The van der Waals surface area contributed by atoms with Gasteiger partial charge in [0.05, 0.1) is 17.0 Å². The third-order valence-corrected chi connectivity index (χ3v) is 6.02. The van der Waals surface area contributed by atoms with Crippen LogP contribution in [0.25, 0.3) is 0 Å². The molecule has 164 valence electrons. The Morgan fingerprint density at radius 3 is 2.72 bits per heavy atom. The average molecular weight is 448 g/mol. The number of benzene rings is 2. The minimum absolute atomic E-state index is 0.160. The molecular formula is C24H25N5O2S. The third-order valence-electron chi connectivity index (χ3n) is 5.05. The first-order chi connectivity index (χ1) is 15.5. The van der Waals surface area contributed by atoms with Crippen LogP contribution in [0.4, 0.5) is 11.4 Å². The summed E-state index contributed by atoms with van der Waals surface area (Å²) in [4.78, 5) is 25.4. The van der Waals surface area contributed by atoms with Gasteiger partial charge in [-0.15, -0.1) is 16.8 Å². The van der Waals surface area contributed by atoms with E-state index >= 15 is 0 Å². The summed E-state index contributed by atoms with van der Waals surface area (Å²) in [5, 5.41) is 15.0. The molecular weight excluding hydrogens is 422 g/mol. The normalized spacial score (nSPS) is 12.9. The molecule has 0 atom stereocenters. The molecule has 0 aliphatic heterocycles. The van der Waals surface area contributed by atoms with Crippen molar-refractivity contribution in [2.45, 2.75) is 37.4 Å². The topological polar surface area (TPSA) is 88.9 Å². The standard InChI is InChI=1S/C24H25N5O2S/c1-3-13-29-22(17-11-12-17)27-28-24(29)32-15-21(30)26-20-10-5-4-9-19(20)23(31)25-18-8-6-7-16(2)14-18/h3-10,14,17H,1,11-13,15H2,2H3,(H,25,31)(H,26,30). The molecule has 2 N–H and O–H groups in total. The molecule has 7 nitrogen and oxygen atoms in total. The number of carbonyl (C=O) groups is 2. The van der Waals surface area contributed by atoms with E-state index in [0.29, 0.717) is 34.6 Å². The van der Waals surface area contributed by atoms with Crippen molar-refractivity contribution in [2.24, 2.45) is 0 Å². The number of amides is 2. The molecule has 1 saturated carbocycles. The lowest BCUT2D eigenvalue weighted by atomic mass is 10.1. The van der Waals surface area contributed by atoms with Gasteiger partial charge in [0.2, 0.25) is 5.91 Å². The maximum atomic E-state index is 12.8. The molecule has 1 aliphatic rings. The Balaban J connectivity index is 1.41. The molecule has 4 rings (SSSR count). The first kappa shape index (κ1) is 21.8. The van der Waals surface area contributed by atoms with E-state index in [9.17, 15) is 9.59 Å². The van der Waals surface area contributed by atoms with E-state index in [1.165, 1.54) is 11.8 Å². The summed E-state index contributed by atoms with van der Waals surface area (Å²) in [5.74, 6) is 1.09. The number of rotatable bonds is 9. The quantitative estimate of drug-likeness (QED) is 0.369. The second kappa shape index (κ2) is 9.82. The second-order valence-corrected chi connectivity index (χ2v) is 8.66. The minimum atomic E-state index is -0.279. The minimum Gasteiger partial charge on any atom is -0.325 e. The van der Waals surface area contributed by atoms with Crippen LogP contribution >= 0.6 is 11.8 Å². The van der Waals surface area contributed by atoms with Crippen molar-refractivity contribution in [3.63, 3.8) is 0 Å². The zero-order valence-corrected chi connectivity index (χ0v) is 18.7. The Labute approximate surface area is 191 Å².